The fourth-order valence-electron chi connectivity index (χ4n) is 1.22. The molecule has 0 aromatic heterocycles. The number of benzene rings is 1. The highest BCUT2D eigenvalue weighted by Crippen LogP contribution is 2.30. The SMILES string of the molecule is Cc1cc(C)c(OC(C)O)c(Cl)c1. The number of hydrogen-bond acceptors (Lipinski definition) is 2. The lowest BCUT2D eigenvalue weighted by Crippen LogP contribution is -2.10. The second-order valence-corrected chi connectivity index (χ2v) is 3.52. The minimum atomic E-state index is -0.834. The molecule has 0 aliphatic rings. The van der Waals surface area contributed by atoms with Crippen LogP contribution in [0.15, 0.2) is 12.1 Å². The van der Waals surface area contributed by atoms with Crippen molar-refractivity contribution in [2.24, 2.45) is 0 Å². The van der Waals surface area contributed by atoms with Gasteiger partial charge in [0, 0.05) is 0 Å². The first-order valence-corrected chi connectivity index (χ1v) is 4.50. The molecule has 0 amide bonds. The lowest BCUT2D eigenvalue weighted by Gasteiger charge is -2.13. The van der Waals surface area contributed by atoms with Crippen molar-refractivity contribution in [2.45, 2.75) is 27.1 Å². The standard InChI is InChI=1S/C10H13ClO2/c1-6-4-7(2)10(9(11)5-6)13-8(3)12/h4-5,8,12H,1-3H3. The van der Waals surface area contributed by atoms with Crippen LogP contribution < -0.4 is 4.74 Å². The van der Waals surface area contributed by atoms with Crippen molar-refractivity contribution in [3.05, 3.63) is 28.3 Å². The first-order chi connectivity index (χ1) is 6.00. The fourth-order valence-corrected chi connectivity index (χ4v) is 1.59. The van der Waals surface area contributed by atoms with E-state index in [1.54, 1.807) is 6.92 Å². The summed E-state index contributed by atoms with van der Waals surface area (Å²) >= 11 is 5.94. The van der Waals surface area contributed by atoms with Gasteiger partial charge in [0.1, 0.15) is 5.75 Å². The third-order valence-electron chi connectivity index (χ3n) is 1.66. The number of rotatable bonds is 2. The predicted molar refractivity (Wildman–Crippen MR) is 53.2 cm³/mol. The highest BCUT2D eigenvalue weighted by atomic mass is 35.5. The van der Waals surface area contributed by atoms with Crippen molar-refractivity contribution < 1.29 is 9.84 Å². The van der Waals surface area contributed by atoms with Crippen LogP contribution in [0.4, 0.5) is 0 Å². The fraction of sp³-hybridized carbons (Fsp3) is 0.400. The molecule has 1 atom stereocenters. The second-order valence-electron chi connectivity index (χ2n) is 3.11. The molecule has 1 N–H and O–H groups in total. The minimum Gasteiger partial charge on any atom is -0.464 e. The van der Waals surface area contributed by atoms with Gasteiger partial charge in [0.2, 0.25) is 0 Å². The Bertz CT molecular complexity index is 285. The van der Waals surface area contributed by atoms with E-state index in [4.69, 9.17) is 21.4 Å². The molecule has 0 spiro atoms. The molecular formula is C10H13ClO2. The summed E-state index contributed by atoms with van der Waals surface area (Å²) in [6, 6.07) is 3.77. The first-order valence-electron chi connectivity index (χ1n) is 4.12. The average Bonchev–Trinajstić information content (AvgIpc) is 1.96. The molecule has 3 heteroatoms. The number of aliphatic hydroxyl groups excluding tert-OH is 1. The van der Waals surface area contributed by atoms with E-state index < -0.39 is 6.29 Å². The molecule has 0 aliphatic heterocycles. The molecule has 1 unspecified atom stereocenters. The van der Waals surface area contributed by atoms with E-state index in [1.165, 1.54) is 0 Å². The lowest BCUT2D eigenvalue weighted by atomic mass is 10.1. The molecule has 1 rings (SSSR count). The molecule has 0 aliphatic carbocycles. The molecule has 1 aromatic rings. The maximum atomic E-state index is 9.04. The van der Waals surface area contributed by atoms with Crippen LogP contribution in [0.25, 0.3) is 0 Å². The smallest absolute Gasteiger partial charge is 0.194 e. The summed E-state index contributed by atoms with van der Waals surface area (Å²) in [5.41, 5.74) is 2.02. The third kappa shape index (κ3) is 2.61. The molecule has 0 saturated heterocycles. The Hall–Kier alpha value is -0.730. The van der Waals surface area contributed by atoms with Crippen molar-refractivity contribution in [3.63, 3.8) is 0 Å². The van der Waals surface area contributed by atoms with E-state index in [1.807, 2.05) is 26.0 Å². The summed E-state index contributed by atoms with van der Waals surface area (Å²) < 4.78 is 5.15. The quantitative estimate of drug-likeness (QED) is 0.744. The van der Waals surface area contributed by atoms with Gasteiger partial charge in [0.15, 0.2) is 6.29 Å². The molecule has 72 valence electrons. The Morgan fingerprint density at radius 1 is 1.38 bits per heavy atom. The number of halogens is 1. The van der Waals surface area contributed by atoms with E-state index in [0.29, 0.717) is 10.8 Å². The Morgan fingerprint density at radius 2 is 2.00 bits per heavy atom. The number of aliphatic hydroxyl groups is 1. The highest BCUT2D eigenvalue weighted by molar-refractivity contribution is 6.32. The van der Waals surface area contributed by atoms with Crippen LogP contribution in [0.3, 0.4) is 0 Å². The van der Waals surface area contributed by atoms with Gasteiger partial charge in [-0.05, 0) is 38.0 Å². The van der Waals surface area contributed by atoms with E-state index in [2.05, 4.69) is 0 Å². The van der Waals surface area contributed by atoms with E-state index in [9.17, 15) is 0 Å². The lowest BCUT2D eigenvalue weighted by molar-refractivity contribution is -0.000745. The van der Waals surface area contributed by atoms with Gasteiger partial charge < -0.3 is 9.84 Å². The molecule has 0 radical (unpaired) electrons. The van der Waals surface area contributed by atoms with Gasteiger partial charge in [-0.1, -0.05) is 17.7 Å². The number of hydrogen-bond donors (Lipinski definition) is 1. The van der Waals surface area contributed by atoms with E-state index >= 15 is 0 Å². The van der Waals surface area contributed by atoms with Crippen molar-refractivity contribution in [1.82, 2.24) is 0 Å². The minimum absolute atomic E-state index is 0.540. The van der Waals surface area contributed by atoms with Crippen molar-refractivity contribution in [2.75, 3.05) is 0 Å². The summed E-state index contributed by atoms with van der Waals surface area (Å²) in [7, 11) is 0. The van der Waals surface area contributed by atoms with Crippen molar-refractivity contribution in [1.29, 1.82) is 0 Å². The molecular weight excluding hydrogens is 188 g/mol. The van der Waals surface area contributed by atoms with Gasteiger partial charge in [-0.15, -0.1) is 0 Å². The van der Waals surface area contributed by atoms with Crippen molar-refractivity contribution in [3.8, 4) is 5.75 Å². The molecule has 2 nitrogen and oxygen atoms in total. The summed E-state index contributed by atoms with van der Waals surface area (Å²) in [6.45, 7) is 5.41. The van der Waals surface area contributed by atoms with Crippen LogP contribution in [0, 0.1) is 13.8 Å². The Labute approximate surface area is 83.1 Å². The topological polar surface area (TPSA) is 29.5 Å². The van der Waals surface area contributed by atoms with Crippen LogP contribution in [0.2, 0.25) is 5.02 Å². The van der Waals surface area contributed by atoms with E-state index in [0.717, 1.165) is 11.1 Å². The number of aryl methyl sites for hydroxylation is 2. The Morgan fingerprint density at radius 3 is 2.46 bits per heavy atom. The zero-order valence-corrected chi connectivity index (χ0v) is 8.72. The van der Waals surface area contributed by atoms with Gasteiger partial charge >= 0.3 is 0 Å². The van der Waals surface area contributed by atoms with Crippen LogP contribution in [-0.4, -0.2) is 11.4 Å². The molecule has 0 bridgehead atoms. The molecule has 0 fully saturated rings. The van der Waals surface area contributed by atoms with Crippen LogP contribution in [0.1, 0.15) is 18.1 Å². The van der Waals surface area contributed by atoms with Crippen LogP contribution in [-0.2, 0) is 0 Å². The zero-order valence-electron chi connectivity index (χ0n) is 7.97. The highest BCUT2D eigenvalue weighted by Gasteiger charge is 2.08. The Balaban J connectivity index is 3.06. The third-order valence-corrected chi connectivity index (χ3v) is 1.94. The summed E-state index contributed by atoms with van der Waals surface area (Å²) in [5.74, 6) is 0.558. The van der Waals surface area contributed by atoms with Gasteiger partial charge in [0.05, 0.1) is 5.02 Å². The van der Waals surface area contributed by atoms with Crippen LogP contribution in [0.5, 0.6) is 5.75 Å². The van der Waals surface area contributed by atoms with Gasteiger partial charge in [-0.3, -0.25) is 0 Å². The zero-order chi connectivity index (χ0) is 10.0. The molecule has 1 aromatic carbocycles. The maximum Gasteiger partial charge on any atom is 0.194 e. The summed E-state index contributed by atoms with van der Waals surface area (Å²) in [6.07, 6.45) is -0.834. The normalized spacial score (nSPS) is 12.7. The van der Waals surface area contributed by atoms with E-state index in [-0.39, 0.29) is 0 Å². The first kappa shape index (κ1) is 10.4. The largest absolute Gasteiger partial charge is 0.464 e. The summed E-state index contributed by atoms with van der Waals surface area (Å²) in [4.78, 5) is 0. The molecule has 0 saturated carbocycles. The average molecular weight is 201 g/mol. The second kappa shape index (κ2) is 3.99. The number of ether oxygens (including phenoxy) is 1. The maximum absolute atomic E-state index is 9.04. The predicted octanol–water partition coefficient (Wildman–Crippen LogP) is 2.67. The monoisotopic (exact) mass is 200 g/mol. The Kier molecular flexibility index (Phi) is 3.17. The van der Waals surface area contributed by atoms with Crippen LogP contribution >= 0.6 is 11.6 Å². The van der Waals surface area contributed by atoms with Crippen molar-refractivity contribution >= 4 is 11.6 Å². The van der Waals surface area contributed by atoms with Gasteiger partial charge in [-0.25, -0.2) is 0 Å². The van der Waals surface area contributed by atoms with Gasteiger partial charge in [0.25, 0.3) is 0 Å². The molecule has 13 heavy (non-hydrogen) atoms. The van der Waals surface area contributed by atoms with Gasteiger partial charge in [-0.2, -0.15) is 0 Å². The summed E-state index contributed by atoms with van der Waals surface area (Å²) in [5, 5.41) is 9.58. The molecule has 0 heterocycles.